The number of rotatable bonds is 4. The SMILES string of the molecule is Cc1ccc(C(=O)NC(C)(C)CCCl)cc1C. The molecule has 0 saturated heterocycles. The van der Waals surface area contributed by atoms with Crippen molar-refractivity contribution in [2.75, 3.05) is 5.88 Å². The number of amides is 1. The molecule has 1 N–H and O–H groups in total. The van der Waals surface area contributed by atoms with Crippen molar-refractivity contribution in [1.82, 2.24) is 5.32 Å². The number of alkyl halides is 1. The number of aryl methyl sites for hydroxylation is 2. The lowest BCUT2D eigenvalue weighted by Crippen LogP contribution is -2.43. The number of hydrogen-bond donors (Lipinski definition) is 1. The first-order valence-electron chi connectivity index (χ1n) is 5.81. The van der Waals surface area contributed by atoms with Gasteiger partial charge < -0.3 is 5.32 Å². The van der Waals surface area contributed by atoms with Crippen LogP contribution < -0.4 is 5.32 Å². The summed E-state index contributed by atoms with van der Waals surface area (Å²) >= 11 is 5.71. The van der Waals surface area contributed by atoms with Gasteiger partial charge in [-0.3, -0.25) is 4.79 Å². The fourth-order valence-electron chi connectivity index (χ4n) is 1.56. The molecule has 0 fully saturated rings. The molecule has 94 valence electrons. The Bertz CT molecular complexity index is 413. The van der Waals surface area contributed by atoms with E-state index in [1.807, 2.05) is 45.9 Å². The minimum absolute atomic E-state index is 0.0387. The maximum absolute atomic E-state index is 12.0. The standard InChI is InChI=1S/C14H20ClNO/c1-10-5-6-12(9-11(10)2)13(17)16-14(3,4)7-8-15/h5-6,9H,7-8H2,1-4H3,(H,16,17). The van der Waals surface area contributed by atoms with Crippen LogP contribution in [0.3, 0.4) is 0 Å². The van der Waals surface area contributed by atoms with Crippen LogP contribution in [0.25, 0.3) is 0 Å². The van der Waals surface area contributed by atoms with Crippen molar-refractivity contribution in [1.29, 1.82) is 0 Å². The van der Waals surface area contributed by atoms with Gasteiger partial charge in [0, 0.05) is 17.0 Å². The molecule has 1 amide bonds. The van der Waals surface area contributed by atoms with E-state index in [1.165, 1.54) is 5.56 Å². The molecule has 0 bridgehead atoms. The van der Waals surface area contributed by atoms with E-state index in [2.05, 4.69) is 5.32 Å². The van der Waals surface area contributed by atoms with Crippen molar-refractivity contribution in [3.63, 3.8) is 0 Å². The number of carbonyl (C=O) groups is 1. The Morgan fingerprint density at radius 1 is 1.29 bits per heavy atom. The Hall–Kier alpha value is -1.02. The van der Waals surface area contributed by atoms with Crippen LogP contribution in [0.5, 0.6) is 0 Å². The van der Waals surface area contributed by atoms with Crippen molar-refractivity contribution in [3.05, 3.63) is 34.9 Å². The Morgan fingerprint density at radius 3 is 2.47 bits per heavy atom. The quantitative estimate of drug-likeness (QED) is 0.819. The lowest BCUT2D eigenvalue weighted by molar-refractivity contribution is 0.0911. The third kappa shape index (κ3) is 4.04. The third-order valence-electron chi connectivity index (χ3n) is 2.94. The van der Waals surface area contributed by atoms with Crippen LogP contribution in [0.15, 0.2) is 18.2 Å². The van der Waals surface area contributed by atoms with E-state index in [4.69, 9.17) is 11.6 Å². The van der Waals surface area contributed by atoms with E-state index in [0.29, 0.717) is 11.4 Å². The second-order valence-corrected chi connectivity index (χ2v) is 5.45. The normalized spacial score (nSPS) is 11.4. The van der Waals surface area contributed by atoms with Gasteiger partial charge >= 0.3 is 0 Å². The van der Waals surface area contributed by atoms with Crippen molar-refractivity contribution < 1.29 is 4.79 Å². The highest BCUT2D eigenvalue weighted by Gasteiger charge is 2.20. The summed E-state index contributed by atoms with van der Waals surface area (Å²) in [5.74, 6) is 0.503. The third-order valence-corrected chi connectivity index (χ3v) is 3.13. The van der Waals surface area contributed by atoms with E-state index in [-0.39, 0.29) is 11.4 Å². The van der Waals surface area contributed by atoms with Crippen LogP contribution in [0.1, 0.15) is 41.8 Å². The molecule has 1 rings (SSSR count). The van der Waals surface area contributed by atoms with E-state index < -0.39 is 0 Å². The Morgan fingerprint density at radius 2 is 1.94 bits per heavy atom. The summed E-state index contributed by atoms with van der Waals surface area (Å²) < 4.78 is 0. The average Bonchev–Trinajstić information content (AvgIpc) is 2.21. The monoisotopic (exact) mass is 253 g/mol. The van der Waals surface area contributed by atoms with E-state index in [1.54, 1.807) is 0 Å². The van der Waals surface area contributed by atoms with Gasteiger partial charge in [-0.1, -0.05) is 6.07 Å². The van der Waals surface area contributed by atoms with Gasteiger partial charge in [-0.15, -0.1) is 11.6 Å². The molecule has 3 heteroatoms. The molecule has 0 radical (unpaired) electrons. The first-order chi connectivity index (χ1) is 7.85. The summed E-state index contributed by atoms with van der Waals surface area (Å²) in [6, 6.07) is 5.74. The molecule has 0 saturated carbocycles. The predicted octanol–water partition coefficient (Wildman–Crippen LogP) is 3.44. The number of hydrogen-bond acceptors (Lipinski definition) is 1. The molecule has 1 aromatic carbocycles. The van der Waals surface area contributed by atoms with Gasteiger partial charge in [0.25, 0.3) is 5.91 Å². The first kappa shape index (κ1) is 14.0. The Labute approximate surface area is 108 Å². The van der Waals surface area contributed by atoms with Crippen LogP contribution in [-0.2, 0) is 0 Å². The lowest BCUT2D eigenvalue weighted by Gasteiger charge is -2.25. The topological polar surface area (TPSA) is 29.1 Å². The van der Waals surface area contributed by atoms with Crippen LogP contribution in [0.2, 0.25) is 0 Å². The van der Waals surface area contributed by atoms with Gasteiger partial charge in [-0.2, -0.15) is 0 Å². The van der Waals surface area contributed by atoms with E-state index >= 15 is 0 Å². The van der Waals surface area contributed by atoms with E-state index in [9.17, 15) is 4.79 Å². The van der Waals surface area contributed by atoms with Gasteiger partial charge in [0.05, 0.1) is 0 Å². The predicted molar refractivity (Wildman–Crippen MR) is 72.8 cm³/mol. The Kier molecular flexibility index (Phi) is 4.58. The van der Waals surface area contributed by atoms with Crippen LogP contribution in [0.4, 0.5) is 0 Å². The molecular weight excluding hydrogens is 234 g/mol. The number of nitrogens with one attached hydrogen (secondary N) is 1. The zero-order chi connectivity index (χ0) is 13.1. The average molecular weight is 254 g/mol. The maximum atomic E-state index is 12.0. The number of halogens is 1. The van der Waals surface area contributed by atoms with Crippen molar-refractivity contribution in [3.8, 4) is 0 Å². The molecule has 0 aliphatic heterocycles. The van der Waals surface area contributed by atoms with Gasteiger partial charge in [-0.05, 0) is 57.4 Å². The van der Waals surface area contributed by atoms with Gasteiger partial charge in [0.2, 0.25) is 0 Å². The molecule has 0 aliphatic carbocycles. The lowest BCUT2D eigenvalue weighted by atomic mass is 10.00. The second kappa shape index (κ2) is 5.54. The minimum atomic E-state index is -0.266. The van der Waals surface area contributed by atoms with Gasteiger partial charge in [0.15, 0.2) is 0 Å². The van der Waals surface area contributed by atoms with Gasteiger partial charge in [0.1, 0.15) is 0 Å². The molecule has 17 heavy (non-hydrogen) atoms. The Balaban J connectivity index is 2.80. The smallest absolute Gasteiger partial charge is 0.251 e. The summed E-state index contributed by atoms with van der Waals surface area (Å²) in [6.07, 6.45) is 0.755. The first-order valence-corrected chi connectivity index (χ1v) is 6.35. The molecule has 1 aromatic rings. The highest BCUT2D eigenvalue weighted by atomic mass is 35.5. The summed E-state index contributed by atoms with van der Waals surface area (Å²) in [7, 11) is 0. The largest absolute Gasteiger partial charge is 0.347 e. The summed E-state index contributed by atoms with van der Waals surface area (Å²) in [5.41, 5.74) is 2.77. The summed E-state index contributed by atoms with van der Waals surface area (Å²) in [4.78, 5) is 12.0. The zero-order valence-corrected chi connectivity index (χ0v) is 11.7. The molecule has 0 unspecified atom stereocenters. The van der Waals surface area contributed by atoms with Gasteiger partial charge in [-0.25, -0.2) is 0 Å². The molecular formula is C14H20ClNO. The number of benzene rings is 1. The van der Waals surface area contributed by atoms with Crippen molar-refractivity contribution in [2.24, 2.45) is 0 Å². The summed E-state index contributed by atoms with van der Waals surface area (Å²) in [5, 5.41) is 3.00. The maximum Gasteiger partial charge on any atom is 0.251 e. The molecule has 0 heterocycles. The van der Waals surface area contributed by atoms with Crippen LogP contribution in [-0.4, -0.2) is 17.3 Å². The summed E-state index contributed by atoms with van der Waals surface area (Å²) in [6.45, 7) is 8.01. The van der Waals surface area contributed by atoms with Crippen LogP contribution >= 0.6 is 11.6 Å². The zero-order valence-electron chi connectivity index (χ0n) is 10.9. The molecule has 0 aromatic heterocycles. The highest BCUT2D eigenvalue weighted by Crippen LogP contribution is 2.13. The minimum Gasteiger partial charge on any atom is -0.347 e. The number of carbonyl (C=O) groups excluding carboxylic acids is 1. The van der Waals surface area contributed by atoms with Crippen molar-refractivity contribution >= 4 is 17.5 Å². The molecule has 2 nitrogen and oxygen atoms in total. The molecule has 0 atom stereocenters. The second-order valence-electron chi connectivity index (χ2n) is 5.08. The fraction of sp³-hybridized carbons (Fsp3) is 0.500. The van der Waals surface area contributed by atoms with Crippen molar-refractivity contribution in [2.45, 2.75) is 39.7 Å². The molecule has 0 aliphatic rings. The van der Waals surface area contributed by atoms with Crippen LogP contribution in [0, 0.1) is 13.8 Å². The fourth-order valence-corrected chi connectivity index (χ4v) is 2.03. The highest BCUT2D eigenvalue weighted by molar-refractivity contribution is 6.17. The van der Waals surface area contributed by atoms with E-state index in [0.717, 1.165) is 12.0 Å². The molecule has 0 spiro atoms.